The number of nitrogens with one attached hydrogen (secondary N) is 1. The Labute approximate surface area is 89.1 Å². The van der Waals surface area contributed by atoms with E-state index < -0.39 is 0 Å². The highest BCUT2D eigenvalue weighted by molar-refractivity contribution is 5.77. The SMILES string of the molecule is Nc1cccc(N2CCNC(=O)CC2)c1. The maximum Gasteiger partial charge on any atom is 0.221 e. The lowest BCUT2D eigenvalue weighted by molar-refractivity contribution is -0.120. The molecule has 0 unspecified atom stereocenters. The molecule has 4 heteroatoms. The molecule has 3 N–H and O–H groups in total. The van der Waals surface area contributed by atoms with E-state index in [0.717, 1.165) is 24.5 Å². The number of anilines is 2. The van der Waals surface area contributed by atoms with Crippen molar-refractivity contribution in [3.05, 3.63) is 24.3 Å². The molecular formula is C11H15N3O. The highest BCUT2D eigenvalue weighted by atomic mass is 16.1. The number of nitrogens with two attached hydrogens (primary N) is 1. The van der Waals surface area contributed by atoms with Crippen LogP contribution in [0, 0.1) is 0 Å². The molecule has 0 radical (unpaired) electrons. The van der Waals surface area contributed by atoms with Crippen LogP contribution in [0.1, 0.15) is 6.42 Å². The Kier molecular flexibility index (Phi) is 2.76. The number of carbonyl (C=O) groups is 1. The molecule has 4 nitrogen and oxygen atoms in total. The second-order valence-electron chi connectivity index (χ2n) is 3.68. The zero-order chi connectivity index (χ0) is 10.7. The van der Waals surface area contributed by atoms with Gasteiger partial charge in [-0.1, -0.05) is 6.07 Å². The van der Waals surface area contributed by atoms with Crippen molar-refractivity contribution in [3.8, 4) is 0 Å². The molecule has 1 amide bonds. The lowest BCUT2D eigenvalue weighted by atomic mass is 10.2. The van der Waals surface area contributed by atoms with Crippen LogP contribution in [0.25, 0.3) is 0 Å². The highest BCUT2D eigenvalue weighted by Gasteiger charge is 2.13. The molecular weight excluding hydrogens is 190 g/mol. The number of hydrogen-bond donors (Lipinski definition) is 2. The number of rotatable bonds is 1. The van der Waals surface area contributed by atoms with Crippen molar-refractivity contribution in [2.75, 3.05) is 30.3 Å². The number of nitrogen functional groups attached to an aromatic ring is 1. The van der Waals surface area contributed by atoms with E-state index in [1.54, 1.807) is 0 Å². The van der Waals surface area contributed by atoms with Crippen LogP contribution in [-0.4, -0.2) is 25.5 Å². The zero-order valence-corrected chi connectivity index (χ0v) is 8.57. The Bertz CT molecular complexity index is 365. The monoisotopic (exact) mass is 205 g/mol. The van der Waals surface area contributed by atoms with Crippen molar-refractivity contribution < 1.29 is 4.79 Å². The van der Waals surface area contributed by atoms with Gasteiger partial charge in [0.2, 0.25) is 5.91 Å². The fourth-order valence-electron chi connectivity index (χ4n) is 1.75. The van der Waals surface area contributed by atoms with E-state index in [0.29, 0.717) is 13.0 Å². The number of amides is 1. The van der Waals surface area contributed by atoms with Crippen molar-refractivity contribution in [1.82, 2.24) is 5.32 Å². The average Bonchev–Trinajstić information content (AvgIpc) is 2.43. The minimum absolute atomic E-state index is 0.126. The molecule has 1 aliphatic heterocycles. The molecule has 1 aromatic rings. The number of hydrogen-bond acceptors (Lipinski definition) is 3. The smallest absolute Gasteiger partial charge is 0.221 e. The predicted molar refractivity (Wildman–Crippen MR) is 60.7 cm³/mol. The Hall–Kier alpha value is -1.71. The van der Waals surface area contributed by atoms with Crippen LogP contribution < -0.4 is 16.0 Å². The number of carbonyl (C=O) groups excluding carboxylic acids is 1. The quantitative estimate of drug-likeness (QED) is 0.660. The summed E-state index contributed by atoms with van der Waals surface area (Å²) in [5, 5.41) is 2.85. The third-order valence-electron chi connectivity index (χ3n) is 2.55. The van der Waals surface area contributed by atoms with Gasteiger partial charge in [0.05, 0.1) is 0 Å². The van der Waals surface area contributed by atoms with E-state index in [1.165, 1.54) is 0 Å². The van der Waals surface area contributed by atoms with Gasteiger partial charge < -0.3 is 16.0 Å². The largest absolute Gasteiger partial charge is 0.399 e. The van der Waals surface area contributed by atoms with Gasteiger partial charge in [-0.15, -0.1) is 0 Å². The van der Waals surface area contributed by atoms with Crippen LogP contribution >= 0.6 is 0 Å². The van der Waals surface area contributed by atoms with Gasteiger partial charge in [-0.3, -0.25) is 4.79 Å². The van der Waals surface area contributed by atoms with E-state index in [-0.39, 0.29) is 5.91 Å². The molecule has 15 heavy (non-hydrogen) atoms. The Balaban J connectivity index is 2.13. The molecule has 0 atom stereocenters. The third-order valence-corrected chi connectivity index (χ3v) is 2.55. The van der Waals surface area contributed by atoms with Gasteiger partial charge in [-0.2, -0.15) is 0 Å². The van der Waals surface area contributed by atoms with Gasteiger partial charge in [0, 0.05) is 37.4 Å². The third kappa shape index (κ3) is 2.40. The van der Waals surface area contributed by atoms with Gasteiger partial charge in [-0.25, -0.2) is 0 Å². The summed E-state index contributed by atoms with van der Waals surface area (Å²) in [6.07, 6.45) is 0.550. The minimum atomic E-state index is 0.126. The Morgan fingerprint density at radius 1 is 1.33 bits per heavy atom. The second kappa shape index (κ2) is 4.21. The van der Waals surface area contributed by atoms with Crippen LogP contribution in [0.5, 0.6) is 0 Å². The summed E-state index contributed by atoms with van der Waals surface area (Å²) in [4.78, 5) is 13.3. The fraction of sp³-hybridized carbons (Fsp3) is 0.364. The highest BCUT2D eigenvalue weighted by Crippen LogP contribution is 2.17. The van der Waals surface area contributed by atoms with E-state index in [1.807, 2.05) is 24.3 Å². The topological polar surface area (TPSA) is 58.4 Å². The molecule has 0 spiro atoms. The predicted octanol–water partition coefficient (Wildman–Crippen LogP) is 0.595. The van der Waals surface area contributed by atoms with Gasteiger partial charge in [-0.05, 0) is 18.2 Å². The van der Waals surface area contributed by atoms with Crippen LogP contribution in [0.3, 0.4) is 0 Å². The van der Waals surface area contributed by atoms with Crippen molar-refractivity contribution >= 4 is 17.3 Å². The first kappa shape index (κ1) is 9.83. The summed E-state index contributed by atoms with van der Waals surface area (Å²) < 4.78 is 0. The number of benzene rings is 1. The average molecular weight is 205 g/mol. The Morgan fingerprint density at radius 2 is 2.20 bits per heavy atom. The molecule has 1 aliphatic rings. The molecule has 1 fully saturated rings. The zero-order valence-electron chi connectivity index (χ0n) is 8.57. The van der Waals surface area contributed by atoms with E-state index in [4.69, 9.17) is 5.73 Å². The number of nitrogens with zero attached hydrogens (tertiary/aromatic N) is 1. The van der Waals surface area contributed by atoms with Crippen LogP contribution in [0.2, 0.25) is 0 Å². The van der Waals surface area contributed by atoms with Gasteiger partial charge in [0.1, 0.15) is 0 Å². The molecule has 1 saturated heterocycles. The molecule has 0 saturated carbocycles. The van der Waals surface area contributed by atoms with Crippen LogP contribution in [0.4, 0.5) is 11.4 Å². The molecule has 0 aliphatic carbocycles. The maximum absolute atomic E-state index is 11.2. The lowest BCUT2D eigenvalue weighted by Gasteiger charge is -2.21. The normalized spacial score (nSPS) is 17.1. The van der Waals surface area contributed by atoms with Crippen molar-refractivity contribution in [2.45, 2.75) is 6.42 Å². The molecule has 2 rings (SSSR count). The van der Waals surface area contributed by atoms with Gasteiger partial charge in [0.15, 0.2) is 0 Å². The standard InChI is InChI=1S/C11H15N3O/c12-9-2-1-3-10(8-9)14-6-4-11(15)13-5-7-14/h1-3,8H,4-7,12H2,(H,13,15). The first-order valence-corrected chi connectivity index (χ1v) is 5.13. The molecule has 0 bridgehead atoms. The summed E-state index contributed by atoms with van der Waals surface area (Å²) in [6.45, 7) is 2.30. The summed E-state index contributed by atoms with van der Waals surface area (Å²) in [6, 6.07) is 7.76. The fourth-order valence-corrected chi connectivity index (χ4v) is 1.75. The molecule has 1 heterocycles. The summed E-state index contributed by atoms with van der Waals surface area (Å²) >= 11 is 0. The first-order chi connectivity index (χ1) is 7.25. The maximum atomic E-state index is 11.2. The van der Waals surface area contributed by atoms with E-state index >= 15 is 0 Å². The van der Waals surface area contributed by atoms with Crippen LogP contribution in [-0.2, 0) is 4.79 Å². The second-order valence-corrected chi connectivity index (χ2v) is 3.68. The Morgan fingerprint density at radius 3 is 3.00 bits per heavy atom. The van der Waals surface area contributed by atoms with Crippen molar-refractivity contribution in [3.63, 3.8) is 0 Å². The molecule has 80 valence electrons. The summed E-state index contributed by atoms with van der Waals surface area (Å²) in [7, 11) is 0. The minimum Gasteiger partial charge on any atom is -0.399 e. The van der Waals surface area contributed by atoms with Crippen molar-refractivity contribution in [1.29, 1.82) is 0 Å². The van der Waals surface area contributed by atoms with E-state index in [2.05, 4.69) is 10.2 Å². The molecule has 1 aromatic carbocycles. The van der Waals surface area contributed by atoms with Crippen molar-refractivity contribution in [2.24, 2.45) is 0 Å². The molecule has 0 aromatic heterocycles. The van der Waals surface area contributed by atoms with Gasteiger partial charge >= 0.3 is 0 Å². The van der Waals surface area contributed by atoms with Gasteiger partial charge in [0.25, 0.3) is 0 Å². The first-order valence-electron chi connectivity index (χ1n) is 5.13. The lowest BCUT2D eigenvalue weighted by Crippen LogP contribution is -2.28. The van der Waals surface area contributed by atoms with E-state index in [9.17, 15) is 4.79 Å². The summed E-state index contributed by atoms with van der Waals surface area (Å²) in [5.41, 5.74) is 7.57. The summed E-state index contributed by atoms with van der Waals surface area (Å²) in [5.74, 6) is 0.126. The van der Waals surface area contributed by atoms with Crippen LogP contribution in [0.15, 0.2) is 24.3 Å².